The van der Waals surface area contributed by atoms with Gasteiger partial charge in [-0.15, -0.1) is 0 Å². The van der Waals surface area contributed by atoms with Gasteiger partial charge in [-0.1, -0.05) is 68.0 Å². The van der Waals surface area contributed by atoms with E-state index in [9.17, 15) is 4.79 Å². The maximum Gasteiger partial charge on any atom is 0.246 e. The van der Waals surface area contributed by atoms with E-state index in [1.54, 1.807) is 10.8 Å². The first-order valence-corrected chi connectivity index (χ1v) is 11.3. The molecule has 0 aromatic rings. The van der Waals surface area contributed by atoms with Gasteiger partial charge in [0.15, 0.2) is 0 Å². The van der Waals surface area contributed by atoms with Gasteiger partial charge in [-0.2, -0.15) is 0 Å². The SMILES string of the molecule is CCC(OCCOCC(=O)NCC#CC(C)C)SSCCNC(C)C.[HH].[HH]. The fourth-order valence-corrected chi connectivity index (χ4v) is 3.89. The first kappa shape index (κ1) is 24.6. The normalized spacial score (nSPS) is 12.1. The molecule has 0 saturated carbocycles. The second-order valence-electron chi connectivity index (χ2n) is 6.04. The van der Waals surface area contributed by atoms with Crippen molar-refractivity contribution in [3.8, 4) is 11.8 Å². The van der Waals surface area contributed by atoms with Gasteiger partial charge in [0.1, 0.15) is 12.0 Å². The highest BCUT2D eigenvalue weighted by Gasteiger charge is 2.08. The number of ether oxygens (including phenoxy) is 2. The zero-order valence-corrected chi connectivity index (χ0v) is 17.9. The first-order chi connectivity index (χ1) is 12.0. The summed E-state index contributed by atoms with van der Waals surface area (Å²) >= 11 is 0. The second-order valence-corrected chi connectivity index (χ2v) is 8.69. The van der Waals surface area contributed by atoms with Crippen LogP contribution in [0.1, 0.15) is 43.9 Å². The van der Waals surface area contributed by atoms with Gasteiger partial charge in [0.2, 0.25) is 5.91 Å². The number of hydrogen-bond donors (Lipinski definition) is 2. The molecule has 7 heteroatoms. The molecule has 0 aliphatic heterocycles. The molecule has 0 rings (SSSR count). The highest BCUT2D eigenvalue weighted by molar-refractivity contribution is 8.76. The minimum absolute atomic E-state index is 0. The van der Waals surface area contributed by atoms with Crippen LogP contribution < -0.4 is 10.6 Å². The highest BCUT2D eigenvalue weighted by atomic mass is 33.1. The van der Waals surface area contributed by atoms with Crippen LogP contribution in [0.5, 0.6) is 0 Å². The number of rotatable bonds is 14. The van der Waals surface area contributed by atoms with Crippen molar-refractivity contribution in [2.45, 2.75) is 52.5 Å². The summed E-state index contributed by atoms with van der Waals surface area (Å²) in [5, 5.41) is 6.09. The van der Waals surface area contributed by atoms with E-state index in [0.717, 1.165) is 18.7 Å². The van der Waals surface area contributed by atoms with E-state index in [2.05, 4.69) is 43.2 Å². The fraction of sp³-hybridized carbons (Fsp3) is 0.833. The van der Waals surface area contributed by atoms with Crippen molar-refractivity contribution in [3.63, 3.8) is 0 Å². The van der Waals surface area contributed by atoms with Gasteiger partial charge < -0.3 is 20.1 Å². The third kappa shape index (κ3) is 18.2. The standard InChI is InChI=1S/C18H34N2O3S2.2H2/c1-6-18(25-24-13-10-19-16(4)5)23-12-11-22-14-17(21)20-9-7-8-15(2)3;;/h15-16,18-19H,6,9-14H2,1-5H3,(H,20,21);2*1H. The average molecular weight is 395 g/mol. The van der Waals surface area contributed by atoms with Crippen LogP contribution in [0.15, 0.2) is 0 Å². The van der Waals surface area contributed by atoms with Gasteiger partial charge >= 0.3 is 0 Å². The monoisotopic (exact) mass is 394 g/mol. The fourth-order valence-electron chi connectivity index (χ4n) is 1.58. The van der Waals surface area contributed by atoms with Crippen LogP contribution in [0.3, 0.4) is 0 Å². The zero-order chi connectivity index (χ0) is 18.9. The Morgan fingerprint density at radius 3 is 2.64 bits per heavy atom. The molecule has 5 nitrogen and oxygen atoms in total. The highest BCUT2D eigenvalue weighted by Crippen LogP contribution is 2.28. The van der Waals surface area contributed by atoms with Gasteiger partial charge in [0.05, 0.1) is 19.8 Å². The summed E-state index contributed by atoms with van der Waals surface area (Å²) in [6, 6.07) is 0.528. The Balaban J connectivity index is -0.00000288. The molecule has 0 bridgehead atoms. The maximum atomic E-state index is 11.5. The molecule has 0 aliphatic carbocycles. The molecular weight excluding hydrogens is 356 g/mol. The number of amides is 1. The van der Waals surface area contributed by atoms with Crippen molar-refractivity contribution in [1.82, 2.24) is 10.6 Å². The van der Waals surface area contributed by atoms with Crippen molar-refractivity contribution in [2.75, 3.05) is 38.7 Å². The number of hydrogen-bond acceptors (Lipinski definition) is 6. The van der Waals surface area contributed by atoms with Crippen LogP contribution in [0.4, 0.5) is 0 Å². The number of nitrogens with one attached hydrogen (secondary N) is 2. The maximum absolute atomic E-state index is 11.5. The molecule has 0 aromatic carbocycles. The van der Waals surface area contributed by atoms with E-state index in [-0.39, 0.29) is 20.8 Å². The summed E-state index contributed by atoms with van der Waals surface area (Å²) in [7, 11) is 3.58. The van der Waals surface area contributed by atoms with Crippen LogP contribution in [-0.4, -0.2) is 56.0 Å². The van der Waals surface area contributed by atoms with Crippen molar-refractivity contribution < 1.29 is 17.1 Å². The lowest BCUT2D eigenvalue weighted by Crippen LogP contribution is -2.28. The molecular formula is C18H38N2O3S2. The Bertz CT molecular complexity index is 406. The third-order valence-electron chi connectivity index (χ3n) is 2.78. The van der Waals surface area contributed by atoms with Crippen molar-refractivity contribution in [3.05, 3.63) is 0 Å². The summed E-state index contributed by atoms with van der Waals surface area (Å²) in [6.45, 7) is 12.8. The molecule has 0 heterocycles. The smallest absolute Gasteiger partial charge is 0.246 e. The van der Waals surface area contributed by atoms with Crippen LogP contribution in [-0.2, 0) is 14.3 Å². The molecule has 1 atom stereocenters. The topological polar surface area (TPSA) is 59.6 Å². The van der Waals surface area contributed by atoms with Gasteiger partial charge in [-0.25, -0.2) is 0 Å². The molecule has 2 N–H and O–H groups in total. The van der Waals surface area contributed by atoms with Crippen molar-refractivity contribution in [2.24, 2.45) is 5.92 Å². The lowest BCUT2D eigenvalue weighted by atomic mass is 10.2. The Morgan fingerprint density at radius 1 is 1.24 bits per heavy atom. The summed E-state index contributed by atoms with van der Waals surface area (Å²) in [6.07, 6.45) is 0.949. The molecule has 0 spiro atoms. The molecule has 0 aliphatic rings. The van der Waals surface area contributed by atoms with Crippen LogP contribution in [0.25, 0.3) is 0 Å². The molecule has 0 aromatic heterocycles. The van der Waals surface area contributed by atoms with Gasteiger partial charge in [-0.3, -0.25) is 4.79 Å². The van der Waals surface area contributed by atoms with E-state index in [4.69, 9.17) is 9.47 Å². The summed E-state index contributed by atoms with van der Waals surface area (Å²) in [5.74, 6) is 7.12. The molecule has 25 heavy (non-hydrogen) atoms. The van der Waals surface area contributed by atoms with E-state index in [1.165, 1.54) is 0 Å². The van der Waals surface area contributed by atoms with Gasteiger partial charge in [0.25, 0.3) is 0 Å². The first-order valence-electron chi connectivity index (χ1n) is 8.91. The predicted molar refractivity (Wildman–Crippen MR) is 114 cm³/mol. The molecule has 0 saturated heterocycles. The van der Waals surface area contributed by atoms with Gasteiger partial charge in [0, 0.05) is 27.1 Å². The molecule has 150 valence electrons. The van der Waals surface area contributed by atoms with E-state index < -0.39 is 0 Å². The molecule has 1 amide bonds. The average Bonchev–Trinajstić information content (AvgIpc) is 2.55. The van der Waals surface area contributed by atoms with Crippen LogP contribution >= 0.6 is 21.6 Å². The summed E-state index contributed by atoms with van der Waals surface area (Å²) in [5.41, 5.74) is 0.160. The Kier molecular flexibility index (Phi) is 16.8. The summed E-state index contributed by atoms with van der Waals surface area (Å²) in [4.78, 5) is 11.5. The lowest BCUT2D eigenvalue weighted by Gasteiger charge is -2.15. The molecule has 0 radical (unpaired) electrons. The minimum atomic E-state index is -0.146. The Labute approximate surface area is 164 Å². The van der Waals surface area contributed by atoms with Crippen molar-refractivity contribution in [1.29, 1.82) is 0 Å². The largest absolute Gasteiger partial charge is 0.369 e. The zero-order valence-electron chi connectivity index (χ0n) is 16.2. The van der Waals surface area contributed by atoms with E-state index in [0.29, 0.717) is 31.7 Å². The second kappa shape index (κ2) is 17.0. The summed E-state index contributed by atoms with van der Waals surface area (Å²) < 4.78 is 11.1. The third-order valence-corrected chi connectivity index (χ3v) is 5.52. The van der Waals surface area contributed by atoms with Crippen LogP contribution in [0.2, 0.25) is 0 Å². The van der Waals surface area contributed by atoms with Crippen LogP contribution in [0, 0.1) is 17.8 Å². The Hall–Kier alpha value is -0.390. The quantitative estimate of drug-likeness (QED) is 0.204. The minimum Gasteiger partial charge on any atom is -0.369 e. The van der Waals surface area contributed by atoms with E-state index >= 15 is 0 Å². The van der Waals surface area contributed by atoms with Crippen molar-refractivity contribution >= 4 is 27.5 Å². The lowest BCUT2D eigenvalue weighted by molar-refractivity contribution is -0.126. The van der Waals surface area contributed by atoms with E-state index in [1.807, 2.05) is 24.6 Å². The number of carbonyl (C=O) groups is 1. The van der Waals surface area contributed by atoms with Gasteiger partial charge in [-0.05, 0) is 6.42 Å². The Morgan fingerprint density at radius 2 is 2.00 bits per heavy atom. The molecule has 0 fully saturated rings. The number of carbonyl (C=O) groups excluding carboxylic acids is 1. The molecule has 1 unspecified atom stereocenters. The predicted octanol–water partition coefficient (Wildman–Crippen LogP) is 3.40.